The van der Waals surface area contributed by atoms with Crippen LogP contribution in [0.2, 0.25) is 0 Å². The SMILES string of the molecule is NC1(C(=O)Nc2ccc(C(=O)O)cc2F)CCC1. The summed E-state index contributed by atoms with van der Waals surface area (Å²) in [5.74, 6) is -2.44. The van der Waals surface area contributed by atoms with Crippen molar-refractivity contribution in [2.24, 2.45) is 5.73 Å². The number of amides is 1. The zero-order valence-corrected chi connectivity index (χ0v) is 9.57. The predicted octanol–water partition coefficient (Wildman–Crippen LogP) is 1.34. The molecule has 6 heteroatoms. The first-order valence-corrected chi connectivity index (χ1v) is 5.55. The van der Waals surface area contributed by atoms with Crippen molar-refractivity contribution in [3.05, 3.63) is 29.6 Å². The maximum atomic E-state index is 13.6. The molecule has 0 radical (unpaired) electrons. The zero-order valence-electron chi connectivity index (χ0n) is 9.57. The third-order valence-corrected chi connectivity index (χ3v) is 3.16. The summed E-state index contributed by atoms with van der Waals surface area (Å²) in [4.78, 5) is 22.4. The van der Waals surface area contributed by atoms with Crippen molar-refractivity contribution in [3.8, 4) is 0 Å². The smallest absolute Gasteiger partial charge is 0.335 e. The highest BCUT2D eigenvalue weighted by Gasteiger charge is 2.40. The molecule has 1 aromatic rings. The molecule has 0 heterocycles. The summed E-state index contributed by atoms with van der Waals surface area (Å²) in [7, 11) is 0. The number of nitrogens with two attached hydrogens (primary N) is 1. The lowest BCUT2D eigenvalue weighted by Crippen LogP contribution is -2.56. The minimum Gasteiger partial charge on any atom is -0.478 e. The van der Waals surface area contributed by atoms with Crippen LogP contribution in [-0.4, -0.2) is 22.5 Å². The van der Waals surface area contributed by atoms with Crippen LogP contribution in [0.1, 0.15) is 29.6 Å². The Labute approximate surface area is 103 Å². The normalized spacial score (nSPS) is 16.8. The quantitative estimate of drug-likeness (QED) is 0.757. The number of anilines is 1. The molecule has 1 amide bonds. The van der Waals surface area contributed by atoms with Crippen molar-refractivity contribution in [2.75, 3.05) is 5.32 Å². The van der Waals surface area contributed by atoms with E-state index in [1.807, 2.05) is 0 Å². The Bertz CT molecular complexity index is 512. The number of carbonyl (C=O) groups excluding carboxylic acids is 1. The number of hydrogen-bond donors (Lipinski definition) is 3. The molecule has 2 rings (SSSR count). The molecule has 0 spiro atoms. The molecule has 1 aliphatic carbocycles. The highest BCUT2D eigenvalue weighted by Crippen LogP contribution is 2.30. The number of hydrogen-bond acceptors (Lipinski definition) is 3. The van der Waals surface area contributed by atoms with Gasteiger partial charge in [-0.2, -0.15) is 0 Å². The Morgan fingerprint density at radius 1 is 1.39 bits per heavy atom. The second-order valence-electron chi connectivity index (χ2n) is 4.46. The summed E-state index contributed by atoms with van der Waals surface area (Å²) < 4.78 is 13.6. The van der Waals surface area contributed by atoms with E-state index in [0.717, 1.165) is 12.5 Å². The van der Waals surface area contributed by atoms with Gasteiger partial charge in [0, 0.05) is 0 Å². The van der Waals surface area contributed by atoms with E-state index in [-0.39, 0.29) is 11.3 Å². The number of rotatable bonds is 3. The van der Waals surface area contributed by atoms with Crippen molar-refractivity contribution in [1.29, 1.82) is 0 Å². The van der Waals surface area contributed by atoms with Gasteiger partial charge in [0.2, 0.25) is 5.91 Å². The van der Waals surface area contributed by atoms with E-state index in [2.05, 4.69) is 5.32 Å². The number of benzene rings is 1. The van der Waals surface area contributed by atoms with Crippen molar-refractivity contribution in [2.45, 2.75) is 24.8 Å². The van der Waals surface area contributed by atoms with Crippen LogP contribution in [-0.2, 0) is 4.79 Å². The van der Waals surface area contributed by atoms with Crippen LogP contribution in [0.5, 0.6) is 0 Å². The Hall–Kier alpha value is -1.95. The van der Waals surface area contributed by atoms with Gasteiger partial charge in [-0.1, -0.05) is 0 Å². The zero-order chi connectivity index (χ0) is 13.3. The van der Waals surface area contributed by atoms with E-state index in [1.54, 1.807) is 0 Å². The van der Waals surface area contributed by atoms with E-state index >= 15 is 0 Å². The third-order valence-electron chi connectivity index (χ3n) is 3.16. The van der Waals surface area contributed by atoms with Crippen LogP contribution in [0.15, 0.2) is 18.2 Å². The predicted molar refractivity (Wildman–Crippen MR) is 62.8 cm³/mol. The second-order valence-corrected chi connectivity index (χ2v) is 4.46. The van der Waals surface area contributed by atoms with E-state index in [0.29, 0.717) is 12.8 Å². The van der Waals surface area contributed by atoms with Crippen molar-refractivity contribution in [1.82, 2.24) is 0 Å². The molecular formula is C12H13FN2O3. The van der Waals surface area contributed by atoms with Crippen LogP contribution >= 0.6 is 0 Å². The van der Waals surface area contributed by atoms with Gasteiger partial charge in [-0.05, 0) is 37.5 Å². The minimum atomic E-state index is -1.22. The fourth-order valence-corrected chi connectivity index (χ4v) is 1.78. The van der Waals surface area contributed by atoms with Crippen molar-refractivity contribution < 1.29 is 19.1 Å². The van der Waals surface area contributed by atoms with E-state index in [9.17, 15) is 14.0 Å². The Balaban J connectivity index is 2.15. The van der Waals surface area contributed by atoms with E-state index in [1.165, 1.54) is 12.1 Å². The summed E-state index contributed by atoms with van der Waals surface area (Å²) in [5, 5.41) is 11.1. The lowest BCUT2D eigenvalue weighted by molar-refractivity contribution is -0.123. The molecular weight excluding hydrogens is 239 g/mol. The van der Waals surface area contributed by atoms with Crippen LogP contribution in [0.4, 0.5) is 10.1 Å². The standard InChI is InChI=1S/C12H13FN2O3/c13-8-6-7(10(16)17)2-3-9(8)15-11(18)12(14)4-1-5-12/h2-3,6H,1,4-5,14H2,(H,15,18)(H,16,17). The van der Waals surface area contributed by atoms with E-state index in [4.69, 9.17) is 10.8 Å². The Kier molecular flexibility index (Phi) is 3.04. The molecule has 0 unspecified atom stereocenters. The van der Waals surface area contributed by atoms with Gasteiger partial charge >= 0.3 is 5.97 Å². The van der Waals surface area contributed by atoms with Gasteiger partial charge in [0.05, 0.1) is 16.8 Å². The summed E-state index contributed by atoms with van der Waals surface area (Å²) in [6.07, 6.45) is 2.03. The maximum Gasteiger partial charge on any atom is 0.335 e. The number of carboxylic acid groups (broad SMARTS) is 1. The lowest BCUT2D eigenvalue weighted by Gasteiger charge is -2.36. The van der Waals surface area contributed by atoms with Crippen LogP contribution in [0.25, 0.3) is 0 Å². The summed E-state index contributed by atoms with van der Waals surface area (Å²) in [6.45, 7) is 0. The molecule has 0 saturated heterocycles. The van der Waals surface area contributed by atoms with Crippen LogP contribution in [0.3, 0.4) is 0 Å². The molecule has 1 aromatic carbocycles. The summed E-state index contributed by atoms with van der Waals surface area (Å²) in [6, 6.07) is 3.31. The highest BCUT2D eigenvalue weighted by molar-refractivity contribution is 5.99. The molecule has 1 fully saturated rings. The number of carboxylic acids is 1. The van der Waals surface area contributed by atoms with Gasteiger partial charge in [-0.3, -0.25) is 4.79 Å². The first-order chi connectivity index (χ1) is 8.42. The topological polar surface area (TPSA) is 92.4 Å². The Morgan fingerprint density at radius 2 is 2.06 bits per heavy atom. The van der Waals surface area contributed by atoms with Gasteiger partial charge in [0.15, 0.2) is 0 Å². The largest absolute Gasteiger partial charge is 0.478 e. The molecule has 96 valence electrons. The number of nitrogens with one attached hydrogen (secondary N) is 1. The third kappa shape index (κ3) is 2.19. The molecule has 5 nitrogen and oxygen atoms in total. The molecule has 0 aliphatic heterocycles. The Morgan fingerprint density at radius 3 is 2.50 bits per heavy atom. The average molecular weight is 252 g/mol. The van der Waals surface area contributed by atoms with Crippen LogP contribution < -0.4 is 11.1 Å². The van der Waals surface area contributed by atoms with E-state index < -0.39 is 23.2 Å². The van der Waals surface area contributed by atoms with Crippen LogP contribution in [0, 0.1) is 5.82 Å². The van der Waals surface area contributed by atoms with Crippen molar-refractivity contribution in [3.63, 3.8) is 0 Å². The molecule has 0 bridgehead atoms. The number of carbonyl (C=O) groups is 2. The van der Waals surface area contributed by atoms with Crippen molar-refractivity contribution >= 4 is 17.6 Å². The molecule has 1 saturated carbocycles. The highest BCUT2D eigenvalue weighted by atomic mass is 19.1. The summed E-state index contributed by atoms with van der Waals surface area (Å²) in [5.41, 5.74) is 4.65. The molecule has 0 atom stereocenters. The minimum absolute atomic E-state index is 0.0540. The maximum absolute atomic E-state index is 13.6. The average Bonchev–Trinajstić information content (AvgIpc) is 2.28. The van der Waals surface area contributed by atoms with Gasteiger partial charge in [0.25, 0.3) is 0 Å². The number of aromatic carboxylic acids is 1. The fraction of sp³-hybridized carbons (Fsp3) is 0.333. The molecule has 18 heavy (non-hydrogen) atoms. The van der Waals surface area contributed by atoms with Gasteiger partial charge < -0.3 is 16.2 Å². The first-order valence-electron chi connectivity index (χ1n) is 5.55. The van der Waals surface area contributed by atoms with Gasteiger partial charge in [-0.25, -0.2) is 9.18 Å². The first kappa shape index (κ1) is 12.5. The monoisotopic (exact) mass is 252 g/mol. The fourth-order valence-electron chi connectivity index (χ4n) is 1.78. The summed E-state index contributed by atoms with van der Waals surface area (Å²) >= 11 is 0. The molecule has 0 aromatic heterocycles. The van der Waals surface area contributed by atoms with Gasteiger partial charge in [0.1, 0.15) is 5.82 Å². The lowest BCUT2D eigenvalue weighted by atomic mass is 9.77. The van der Waals surface area contributed by atoms with Gasteiger partial charge in [-0.15, -0.1) is 0 Å². The molecule has 1 aliphatic rings. The molecule has 4 N–H and O–H groups in total. The number of halogens is 1. The second kappa shape index (κ2) is 4.38.